The highest BCUT2D eigenvalue weighted by molar-refractivity contribution is 5.76. The van der Waals surface area contributed by atoms with Gasteiger partial charge in [0.15, 0.2) is 0 Å². The normalized spacial score (nSPS) is 18.1. The number of ether oxygens (including phenoxy) is 1. The average Bonchev–Trinajstić information content (AvgIpc) is 2.54. The van der Waals surface area contributed by atoms with Crippen molar-refractivity contribution >= 4 is 5.91 Å². The number of rotatable bonds is 8. The summed E-state index contributed by atoms with van der Waals surface area (Å²) < 4.78 is 18.4. The molecule has 1 aromatic rings. The molecule has 1 amide bonds. The van der Waals surface area contributed by atoms with E-state index in [1.54, 1.807) is 6.07 Å². The SMILES string of the molecule is CC(CC(=O)NCC(O)CN1CCOCC1)Cc1cccc(F)c1. The molecule has 1 heterocycles. The number of β-amino-alcohol motifs (C(OH)–C–C–N with tert-alkyl or cyclic N) is 1. The van der Waals surface area contributed by atoms with E-state index in [0.717, 1.165) is 18.7 Å². The summed E-state index contributed by atoms with van der Waals surface area (Å²) in [6.45, 7) is 5.78. The maximum absolute atomic E-state index is 13.2. The predicted octanol–water partition coefficient (Wildman–Crippen LogP) is 1.20. The Morgan fingerprint density at radius 3 is 2.88 bits per heavy atom. The molecule has 1 aliphatic rings. The molecule has 5 nitrogen and oxygen atoms in total. The van der Waals surface area contributed by atoms with Gasteiger partial charge in [0.25, 0.3) is 0 Å². The quantitative estimate of drug-likeness (QED) is 0.748. The van der Waals surface area contributed by atoms with E-state index in [1.807, 2.05) is 13.0 Å². The Kier molecular flexibility index (Phi) is 7.62. The molecule has 0 aliphatic carbocycles. The van der Waals surface area contributed by atoms with Crippen LogP contribution in [0.3, 0.4) is 0 Å². The van der Waals surface area contributed by atoms with Crippen molar-refractivity contribution in [1.82, 2.24) is 10.2 Å². The van der Waals surface area contributed by atoms with Crippen LogP contribution in [0.2, 0.25) is 0 Å². The minimum absolute atomic E-state index is 0.0834. The Hall–Kier alpha value is -1.50. The molecule has 1 saturated heterocycles. The van der Waals surface area contributed by atoms with Gasteiger partial charge in [-0.05, 0) is 30.0 Å². The van der Waals surface area contributed by atoms with Gasteiger partial charge in [0.2, 0.25) is 5.91 Å². The van der Waals surface area contributed by atoms with Crippen LogP contribution in [0.25, 0.3) is 0 Å². The van der Waals surface area contributed by atoms with E-state index >= 15 is 0 Å². The van der Waals surface area contributed by atoms with Crippen LogP contribution in [0.1, 0.15) is 18.9 Å². The van der Waals surface area contributed by atoms with Crippen molar-refractivity contribution in [2.75, 3.05) is 39.4 Å². The monoisotopic (exact) mass is 338 g/mol. The van der Waals surface area contributed by atoms with E-state index in [2.05, 4.69) is 10.2 Å². The number of carbonyl (C=O) groups is 1. The lowest BCUT2D eigenvalue weighted by Gasteiger charge is -2.28. The summed E-state index contributed by atoms with van der Waals surface area (Å²) in [5, 5.41) is 12.8. The third-order valence-electron chi connectivity index (χ3n) is 4.11. The summed E-state index contributed by atoms with van der Waals surface area (Å²) in [6, 6.07) is 6.46. The second-order valence-corrected chi connectivity index (χ2v) is 6.51. The van der Waals surface area contributed by atoms with Crippen LogP contribution in [-0.2, 0) is 16.0 Å². The molecule has 0 spiro atoms. The topological polar surface area (TPSA) is 61.8 Å². The minimum atomic E-state index is -0.578. The predicted molar refractivity (Wildman–Crippen MR) is 90.2 cm³/mol. The molecule has 2 unspecified atom stereocenters. The maximum Gasteiger partial charge on any atom is 0.220 e. The fraction of sp³-hybridized carbons (Fsp3) is 0.611. The van der Waals surface area contributed by atoms with Gasteiger partial charge < -0.3 is 15.2 Å². The fourth-order valence-electron chi connectivity index (χ4n) is 2.91. The van der Waals surface area contributed by atoms with Crippen LogP contribution in [-0.4, -0.2) is 61.4 Å². The van der Waals surface area contributed by atoms with Crippen LogP contribution >= 0.6 is 0 Å². The first-order valence-electron chi connectivity index (χ1n) is 8.52. The number of aliphatic hydroxyl groups is 1. The Morgan fingerprint density at radius 2 is 2.17 bits per heavy atom. The van der Waals surface area contributed by atoms with E-state index in [9.17, 15) is 14.3 Å². The molecular weight excluding hydrogens is 311 g/mol. The van der Waals surface area contributed by atoms with E-state index in [1.165, 1.54) is 12.1 Å². The van der Waals surface area contributed by atoms with E-state index in [0.29, 0.717) is 32.6 Å². The molecule has 2 atom stereocenters. The van der Waals surface area contributed by atoms with Gasteiger partial charge in [-0.25, -0.2) is 4.39 Å². The number of hydrogen-bond donors (Lipinski definition) is 2. The van der Waals surface area contributed by atoms with Gasteiger partial charge in [-0.1, -0.05) is 19.1 Å². The zero-order valence-electron chi connectivity index (χ0n) is 14.2. The molecule has 1 aliphatic heterocycles. The number of morpholine rings is 1. The minimum Gasteiger partial charge on any atom is -0.390 e. The highest BCUT2D eigenvalue weighted by Crippen LogP contribution is 2.13. The number of hydrogen-bond acceptors (Lipinski definition) is 4. The number of amides is 1. The molecule has 1 fully saturated rings. The summed E-state index contributed by atoms with van der Waals surface area (Å²) in [7, 11) is 0. The van der Waals surface area contributed by atoms with Crippen LogP contribution in [0, 0.1) is 11.7 Å². The van der Waals surface area contributed by atoms with E-state index < -0.39 is 6.10 Å². The third kappa shape index (κ3) is 6.95. The van der Waals surface area contributed by atoms with Gasteiger partial charge in [0.1, 0.15) is 5.82 Å². The van der Waals surface area contributed by atoms with Crippen LogP contribution in [0.15, 0.2) is 24.3 Å². The lowest BCUT2D eigenvalue weighted by Crippen LogP contribution is -2.44. The van der Waals surface area contributed by atoms with Crippen molar-refractivity contribution < 1.29 is 19.0 Å². The summed E-state index contributed by atoms with van der Waals surface area (Å²) in [4.78, 5) is 14.1. The number of aliphatic hydroxyl groups excluding tert-OH is 1. The Morgan fingerprint density at radius 1 is 1.42 bits per heavy atom. The zero-order chi connectivity index (χ0) is 17.4. The first-order chi connectivity index (χ1) is 11.5. The highest BCUT2D eigenvalue weighted by Gasteiger charge is 2.16. The second kappa shape index (κ2) is 9.71. The van der Waals surface area contributed by atoms with Crippen molar-refractivity contribution in [1.29, 1.82) is 0 Å². The summed E-state index contributed by atoms with van der Waals surface area (Å²) in [5.41, 5.74) is 0.891. The number of nitrogens with zero attached hydrogens (tertiary/aromatic N) is 1. The lowest BCUT2D eigenvalue weighted by atomic mass is 9.98. The average molecular weight is 338 g/mol. The molecule has 2 N–H and O–H groups in total. The molecule has 24 heavy (non-hydrogen) atoms. The van der Waals surface area contributed by atoms with Gasteiger partial charge in [0, 0.05) is 32.6 Å². The fourth-order valence-corrected chi connectivity index (χ4v) is 2.91. The van der Waals surface area contributed by atoms with Crippen molar-refractivity contribution in [3.8, 4) is 0 Å². The molecular formula is C18H27FN2O3. The molecule has 1 aromatic carbocycles. The first-order valence-corrected chi connectivity index (χ1v) is 8.52. The summed E-state index contributed by atoms with van der Waals surface area (Å²) in [6.07, 6.45) is 0.438. The largest absolute Gasteiger partial charge is 0.390 e. The summed E-state index contributed by atoms with van der Waals surface area (Å²) in [5.74, 6) is -0.224. The Bertz CT molecular complexity index is 521. The molecule has 134 valence electrons. The standard InChI is InChI=1S/C18H27FN2O3/c1-14(9-15-3-2-4-16(19)11-15)10-18(23)20-12-17(22)13-21-5-7-24-8-6-21/h2-4,11,14,17,22H,5-10,12-13H2,1H3,(H,20,23). The van der Waals surface area contributed by atoms with E-state index in [-0.39, 0.29) is 24.2 Å². The first kappa shape index (κ1) is 18.8. The molecule has 0 radical (unpaired) electrons. The zero-order valence-corrected chi connectivity index (χ0v) is 14.2. The van der Waals surface area contributed by atoms with Crippen molar-refractivity contribution in [3.63, 3.8) is 0 Å². The van der Waals surface area contributed by atoms with Gasteiger partial charge >= 0.3 is 0 Å². The number of nitrogens with one attached hydrogen (secondary N) is 1. The number of halogens is 1. The molecule has 2 rings (SSSR count). The summed E-state index contributed by atoms with van der Waals surface area (Å²) >= 11 is 0. The Labute approximate surface area is 142 Å². The molecule has 6 heteroatoms. The lowest BCUT2D eigenvalue weighted by molar-refractivity contribution is -0.122. The third-order valence-corrected chi connectivity index (χ3v) is 4.11. The smallest absolute Gasteiger partial charge is 0.220 e. The van der Waals surface area contributed by atoms with Gasteiger partial charge in [-0.3, -0.25) is 9.69 Å². The van der Waals surface area contributed by atoms with Crippen molar-refractivity contribution in [3.05, 3.63) is 35.6 Å². The number of carbonyl (C=O) groups excluding carboxylic acids is 1. The van der Waals surface area contributed by atoms with Crippen LogP contribution < -0.4 is 5.32 Å². The van der Waals surface area contributed by atoms with Crippen molar-refractivity contribution in [2.45, 2.75) is 25.9 Å². The Balaban J connectivity index is 1.64. The van der Waals surface area contributed by atoms with E-state index in [4.69, 9.17) is 4.74 Å². The van der Waals surface area contributed by atoms with Crippen LogP contribution in [0.4, 0.5) is 4.39 Å². The number of benzene rings is 1. The van der Waals surface area contributed by atoms with Gasteiger partial charge in [0.05, 0.1) is 19.3 Å². The molecule has 0 aromatic heterocycles. The second-order valence-electron chi connectivity index (χ2n) is 6.51. The highest BCUT2D eigenvalue weighted by atomic mass is 19.1. The van der Waals surface area contributed by atoms with Gasteiger partial charge in [-0.15, -0.1) is 0 Å². The van der Waals surface area contributed by atoms with Crippen molar-refractivity contribution in [2.24, 2.45) is 5.92 Å². The van der Waals surface area contributed by atoms with Crippen LogP contribution in [0.5, 0.6) is 0 Å². The molecule has 0 bridgehead atoms. The van der Waals surface area contributed by atoms with Gasteiger partial charge in [-0.2, -0.15) is 0 Å². The maximum atomic E-state index is 13.2. The molecule has 0 saturated carbocycles.